The fraction of sp³-hybridized carbons (Fsp3) is 0.304. The van der Waals surface area contributed by atoms with Crippen LogP contribution in [0, 0.1) is 6.92 Å². The summed E-state index contributed by atoms with van der Waals surface area (Å²) in [5, 5.41) is 9.15. The number of aromatic nitrogens is 6. The van der Waals surface area contributed by atoms with Crippen LogP contribution >= 0.6 is 0 Å². The van der Waals surface area contributed by atoms with Crippen molar-refractivity contribution in [3.63, 3.8) is 0 Å². The van der Waals surface area contributed by atoms with Crippen molar-refractivity contribution in [2.45, 2.75) is 44.7 Å². The maximum absolute atomic E-state index is 12.5. The van der Waals surface area contributed by atoms with Gasteiger partial charge in [0.15, 0.2) is 5.65 Å². The molecule has 156 valence electrons. The number of nitrogens with one attached hydrogen (secondary N) is 1. The zero-order valence-corrected chi connectivity index (χ0v) is 17.3. The minimum atomic E-state index is -0.0625. The van der Waals surface area contributed by atoms with Gasteiger partial charge in [-0.1, -0.05) is 0 Å². The minimum Gasteiger partial charge on any atom is -0.367 e. The molecule has 4 aromatic rings. The highest BCUT2D eigenvalue weighted by Crippen LogP contribution is 2.30. The van der Waals surface area contributed by atoms with E-state index in [1.54, 1.807) is 35.4 Å². The van der Waals surface area contributed by atoms with E-state index in [1.165, 1.54) is 0 Å². The summed E-state index contributed by atoms with van der Waals surface area (Å²) in [6.45, 7) is 1.88. The predicted octanol–water partition coefficient (Wildman–Crippen LogP) is 3.55. The molecule has 0 aromatic carbocycles. The molecule has 4 heterocycles. The van der Waals surface area contributed by atoms with Gasteiger partial charge in [0, 0.05) is 36.3 Å². The molecule has 0 spiro atoms. The summed E-state index contributed by atoms with van der Waals surface area (Å²) >= 11 is 0. The molecule has 0 atom stereocenters. The molecule has 1 saturated carbocycles. The van der Waals surface area contributed by atoms with Crippen LogP contribution in [0.15, 0.2) is 59.8 Å². The van der Waals surface area contributed by atoms with E-state index in [9.17, 15) is 4.79 Å². The topological polar surface area (TPSA) is 98.5 Å². The zero-order valence-electron chi connectivity index (χ0n) is 17.3. The van der Waals surface area contributed by atoms with Crippen LogP contribution in [0.3, 0.4) is 0 Å². The lowest BCUT2D eigenvalue weighted by Crippen LogP contribution is -2.33. The van der Waals surface area contributed by atoms with Crippen molar-refractivity contribution >= 4 is 16.9 Å². The highest BCUT2D eigenvalue weighted by atomic mass is 16.1. The largest absolute Gasteiger partial charge is 0.367 e. The molecule has 8 nitrogen and oxygen atoms in total. The van der Waals surface area contributed by atoms with Gasteiger partial charge in [-0.3, -0.25) is 9.78 Å². The molecule has 1 N–H and O–H groups in total. The summed E-state index contributed by atoms with van der Waals surface area (Å²) in [6, 6.07) is 11.5. The van der Waals surface area contributed by atoms with Crippen molar-refractivity contribution < 1.29 is 0 Å². The number of rotatable bonds is 4. The number of pyridine rings is 2. The van der Waals surface area contributed by atoms with E-state index >= 15 is 0 Å². The van der Waals surface area contributed by atoms with Gasteiger partial charge < -0.3 is 5.32 Å². The second kappa shape index (κ2) is 8.22. The van der Waals surface area contributed by atoms with Crippen LogP contribution in [0.4, 0.5) is 5.82 Å². The number of aryl methyl sites for hydroxylation is 1. The third kappa shape index (κ3) is 4.01. The molecule has 0 unspecified atom stereocenters. The third-order valence-electron chi connectivity index (χ3n) is 5.75. The molecule has 5 rings (SSSR count). The molecule has 1 aliphatic rings. The predicted molar refractivity (Wildman–Crippen MR) is 119 cm³/mol. The number of hydrogen-bond donors (Lipinski definition) is 1. The van der Waals surface area contributed by atoms with Gasteiger partial charge in [-0.15, -0.1) is 0 Å². The number of fused-ring (bicyclic) bond motifs is 1. The van der Waals surface area contributed by atoms with Crippen LogP contribution in [0.25, 0.3) is 22.3 Å². The summed E-state index contributed by atoms with van der Waals surface area (Å²) < 4.78 is 1.65. The van der Waals surface area contributed by atoms with Crippen LogP contribution in [-0.2, 0) is 0 Å². The normalized spacial score (nSPS) is 18.7. The van der Waals surface area contributed by atoms with Gasteiger partial charge in [-0.05, 0) is 62.9 Å². The number of hydrogen-bond acceptors (Lipinski definition) is 7. The quantitative estimate of drug-likeness (QED) is 0.546. The van der Waals surface area contributed by atoms with Crippen LogP contribution in [0.2, 0.25) is 0 Å². The Morgan fingerprint density at radius 3 is 2.65 bits per heavy atom. The van der Waals surface area contributed by atoms with Gasteiger partial charge >= 0.3 is 0 Å². The van der Waals surface area contributed by atoms with Crippen molar-refractivity contribution in [1.29, 1.82) is 0 Å². The zero-order chi connectivity index (χ0) is 21.2. The van der Waals surface area contributed by atoms with E-state index in [4.69, 9.17) is 0 Å². The van der Waals surface area contributed by atoms with Crippen molar-refractivity contribution in [2.24, 2.45) is 0 Å². The lowest BCUT2D eigenvalue weighted by Gasteiger charge is -2.30. The van der Waals surface area contributed by atoms with Crippen molar-refractivity contribution in [1.82, 2.24) is 29.7 Å². The molecule has 0 saturated heterocycles. The standard InChI is InChI=1S/C23H23N7O/c1-15-26-22-19(5-3-13-25-22)23(27-15)28-17-6-8-18(9-7-17)30-21(31)11-10-20(29-30)16-4-2-12-24-14-16/h2-5,10-14,17-18H,6-9H2,1H3,(H,25,26,27,28). The smallest absolute Gasteiger partial charge is 0.267 e. The van der Waals surface area contributed by atoms with Gasteiger partial charge in [-0.2, -0.15) is 5.10 Å². The SMILES string of the molecule is Cc1nc(NC2CCC(n3nc(-c4cccnc4)ccc3=O)CC2)c2cccnc2n1. The van der Waals surface area contributed by atoms with Crippen molar-refractivity contribution in [3.05, 3.63) is 71.2 Å². The van der Waals surface area contributed by atoms with Gasteiger partial charge in [-0.25, -0.2) is 19.6 Å². The molecular weight excluding hydrogens is 390 g/mol. The second-order valence-corrected chi connectivity index (χ2v) is 7.89. The summed E-state index contributed by atoms with van der Waals surface area (Å²) in [5.74, 6) is 1.53. The molecule has 0 bridgehead atoms. The van der Waals surface area contributed by atoms with Crippen molar-refractivity contribution in [3.8, 4) is 11.3 Å². The van der Waals surface area contributed by atoms with Crippen LogP contribution < -0.4 is 10.9 Å². The van der Waals surface area contributed by atoms with E-state index in [0.29, 0.717) is 11.5 Å². The van der Waals surface area contributed by atoms with E-state index < -0.39 is 0 Å². The van der Waals surface area contributed by atoms with Crippen molar-refractivity contribution in [2.75, 3.05) is 5.32 Å². The molecule has 8 heteroatoms. The van der Waals surface area contributed by atoms with Crippen LogP contribution in [-0.4, -0.2) is 35.8 Å². The molecule has 4 aromatic heterocycles. The lowest BCUT2D eigenvalue weighted by molar-refractivity contribution is 0.304. The summed E-state index contributed by atoms with van der Waals surface area (Å²) in [4.78, 5) is 30.0. The van der Waals surface area contributed by atoms with Crippen LogP contribution in [0.1, 0.15) is 37.5 Å². The molecule has 1 fully saturated rings. The fourth-order valence-electron chi connectivity index (χ4n) is 4.19. The summed E-state index contributed by atoms with van der Waals surface area (Å²) in [5.41, 5.74) is 2.32. The average Bonchev–Trinajstić information content (AvgIpc) is 2.80. The Labute approximate surface area is 179 Å². The average molecular weight is 413 g/mol. The van der Waals surface area contributed by atoms with Gasteiger partial charge in [0.25, 0.3) is 5.56 Å². The third-order valence-corrected chi connectivity index (χ3v) is 5.75. The summed E-state index contributed by atoms with van der Waals surface area (Å²) in [7, 11) is 0. The van der Waals surface area contributed by atoms with E-state index in [-0.39, 0.29) is 17.6 Å². The van der Waals surface area contributed by atoms with E-state index in [0.717, 1.165) is 48.1 Å². The second-order valence-electron chi connectivity index (χ2n) is 7.89. The molecular formula is C23H23N7O. The highest BCUT2D eigenvalue weighted by molar-refractivity contribution is 5.86. The molecule has 0 radical (unpaired) electrons. The molecule has 31 heavy (non-hydrogen) atoms. The Kier molecular flexibility index (Phi) is 5.11. The van der Waals surface area contributed by atoms with Gasteiger partial charge in [0.1, 0.15) is 11.6 Å². The first kappa shape index (κ1) is 19.3. The number of nitrogens with zero attached hydrogens (tertiary/aromatic N) is 6. The first-order chi connectivity index (χ1) is 15.2. The molecule has 0 amide bonds. The Balaban J connectivity index is 1.32. The highest BCUT2D eigenvalue weighted by Gasteiger charge is 2.25. The van der Waals surface area contributed by atoms with Gasteiger partial charge in [0.05, 0.1) is 17.1 Å². The Morgan fingerprint density at radius 1 is 1.00 bits per heavy atom. The first-order valence-electron chi connectivity index (χ1n) is 10.5. The van der Waals surface area contributed by atoms with Crippen LogP contribution in [0.5, 0.6) is 0 Å². The maximum Gasteiger partial charge on any atom is 0.267 e. The maximum atomic E-state index is 12.5. The van der Waals surface area contributed by atoms with E-state index in [1.807, 2.05) is 31.2 Å². The fourth-order valence-corrected chi connectivity index (χ4v) is 4.19. The Morgan fingerprint density at radius 2 is 1.84 bits per heavy atom. The lowest BCUT2D eigenvalue weighted by atomic mass is 9.91. The minimum absolute atomic E-state index is 0.0625. The monoisotopic (exact) mass is 413 g/mol. The first-order valence-corrected chi connectivity index (χ1v) is 10.5. The van der Waals surface area contributed by atoms with E-state index in [2.05, 4.69) is 30.4 Å². The number of anilines is 1. The van der Waals surface area contributed by atoms with Gasteiger partial charge in [0.2, 0.25) is 0 Å². The molecule has 1 aliphatic carbocycles. The Bertz CT molecular complexity index is 1260. The molecule has 0 aliphatic heterocycles. The summed E-state index contributed by atoms with van der Waals surface area (Å²) in [6.07, 6.45) is 8.85. The Hall–Kier alpha value is -3.68.